The molecule has 2 amide bonds. The van der Waals surface area contributed by atoms with Crippen molar-refractivity contribution in [2.45, 2.75) is 44.9 Å². The predicted octanol–water partition coefficient (Wildman–Crippen LogP) is 1.57. The lowest BCUT2D eigenvalue weighted by atomic mass is 9.95. The van der Waals surface area contributed by atoms with Gasteiger partial charge in [-0.2, -0.15) is 0 Å². The van der Waals surface area contributed by atoms with Gasteiger partial charge in [-0.15, -0.1) is 0 Å². The van der Waals surface area contributed by atoms with Crippen LogP contribution >= 0.6 is 0 Å². The number of rotatable bonds is 5. The fraction of sp³-hybridized carbons (Fsp3) is 0.882. The molecule has 5 heteroatoms. The van der Waals surface area contributed by atoms with Crippen molar-refractivity contribution in [3.63, 3.8) is 0 Å². The number of nitrogens with zero attached hydrogens (tertiary/aromatic N) is 1. The maximum Gasteiger partial charge on any atom is 0.225 e. The first kappa shape index (κ1) is 15.8. The van der Waals surface area contributed by atoms with E-state index in [0.29, 0.717) is 30.1 Å². The fourth-order valence-corrected chi connectivity index (χ4v) is 3.51. The third-order valence-corrected chi connectivity index (χ3v) is 5.17. The molecule has 0 aromatic rings. The molecule has 124 valence electrons. The second-order valence-electron chi connectivity index (χ2n) is 7.13. The number of amides is 2. The maximum atomic E-state index is 12.0. The highest BCUT2D eigenvalue weighted by Crippen LogP contribution is 2.32. The van der Waals surface area contributed by atoms with E-state index in [9.17, 15) is 9.59 Å². The van der Waals surface area contributed by atoms with Gasteiger partial charge in [-0.3, -0.25) is 9.59 Å². The van der Waals surface area contributed by atoms with E-state index in [1.54, 1.807) is 0 Å². The minimum Gasteiger partial charge on any atom is -0.381 e. The number of hydrogen-bond donors (Lipinski definition) is 1. The van der Waals surface area contributed by atoms with Gasteiger partial charge < -0.3 is 15.0 Å². The Morgan fingerprint density at radius 1 is 1.05 bits per heavy atom. The molecule has 1 N–H and O–H groups in total. The second kappa shape index (κ2) is 7.44. The molecule has 22 heavy (non-hydrogen) atoms. The van der Waals surface area contributed by atoms with Crippen LogP contribution in [0.5, 0.6) is 0 Å². The van der Waals surface area contributed by atoms with E-state index >= 15 is 0 Å². The Bertz CT molecular complexity index is 395. The molecule has 2 aliphatic heterocycles. The minimum atomic E-state index is 0.159. The van der Waals surface area contributed by atoms with Crippen LogP contribution in [0.3, 0.4) is 0 Å². The first-order valence-electron chi connectivity index (χ1n) is 8.85. The molecule has 3 fully saturated rings. The molecule has 3 rings (SSSR count). The summed E-state index contributed by atoms with van der Waals surface area (Å²) < 4.78 is 5.42. The number of carbonyl (C=O) groups is 2. The molecule has 0 aromatic carbocycles. The van der Waals surface area contributed by atoms with E-state index in [2.05, 4.69) is 5.32 Å². The lowest BCUT2D eigenvalue weighted by molar-refractivity contribution is -0.134. The van der Waals surface area contributed by atoms with Crippen LogP contribution in [0, 0.1) is 17.8 Å². The number of piperidine rings is 1. The van der Waals surface area contributed by atoms with Crippen LogP contribution < -0.4 is 5.32 Å². The normalized spacial score (nSPS) is 26.7. The lowest BCUT2D eigenvalue weighted by Gasteiger charge is -2.32. The van der Waals surface area contributed by atoms with Crippen molar-refractivity contribution in [3.05, 3.63) is 0 Å². The van der Waals surface area contributed by atoms with E-state index in [-0.39, 0.29) is 5.91 Å². The Labute approximate surface area is 132 Å². The summed E-state index contributed by atoms with van der Waals surface area (Å²) in [6.45, 7) is 4.07. The molecular weight excluding hydrogens is 280 g/mol. The standard InChI is InChI=1S/C17H28N2O3/c20-16(10-14-2-1-9-22-12-14)18-11-13-5-7-19(8-6-13)17(21)15-3-4-15/h13-15H,1-12H2,(H,18,20)/t14-/m0/s1. The predicted molar refractivity (Wildman–Crippen MR) is 83.2 cm³/mol. The zero-order valence-corrected chi connectivity index (χ0v) is 13.4. The van der Waals surface area contributed by atoms with Crippen molar-refractivity contribution >= 4 is 11.8 Å². The van der Waals surface area contributed by atoms with Crippen molar-refractivity contribution in [1.29, 1.82) is 0 Å². The van der Waals surface area contributed by atoms with Crippen LogP contribution in [-0.2, 0) is 14.3 Å². The summed E-state index contributed by atoms with van der Waals surface area (Å²) >= 11 is 0. The topological polar surface area (TPSA) is 58.6 Å². The molecule has 0 bridgehead atoms. The van der Waals surface area contributed by atoms with Crippen LogP contribution in [0.15, 0.2) is 0 Å². The number of ether oxygens (including phenoxy) is 1. The summed E-state index contributed by atoms with van der Waals surface area (Å²) in [5, 5.41) is 3.08. The first-order chi connectivity index (χ1) is 10.7. The molecule has 2 saturated heterocycles. The van der Waals surface area contributed by atoms with Gasteiger partial charge in [-0.25, -0.2) is 0 Å². The molecule has 5 nitrogen and oxygen atoms in total. The Balaban J connectivity index is 1.30. The van der Waals surface area contributed by atoms with E-state index in [0.717, 1.165) is 71.4 Å². The minimum absolute atomic E-state index is 0.159. The Kier molecular flexibility index (Phi) is 5.34. The van der Waals surface area contributed by atoms with Crippen molar-refractivity contribution < 1.29 is 14.3 Å². The quantitative estimate of drug-likeness (QED) is 0.838. The van der Waals surface area contributed by atoms with Gasteiger partial charge in [0.25, 0.3) is 0 Å². The lowest BCUT2D eigenvalue weighted by Crippen LogP contribution is -2.42. The summed E-state index contributed by atoms with van der Waals surface area (Å²) in [6, 6.07) is 0. The Hall–Kier alpha value is -1.10. The van der Waals surface area contributed by atoms with Crippen LogP contribution in [0.4, 0.5) is 0 Å². The molecular formula is C17H28N2O3. The van der Waals surface area contributed by atoms with Gasteiger partial charge in [0, 0.05) is 45.2 Å². The average Bonchev–Trinajstić information content (AvgIpc) is 3.39. The van der Waals surface area contributed by atoms with E-state index in [4.69, 9.17) is 4.74 Å². The Morgan fingerprint density at radius 2 is 1.82 bits per heavy atom. The molecule has 1 aliphatic carbocycles. The van der Waals surface area contributed by atoms with Crippen molar-refractivity contribution in [2.75, 3.05) is 32.8 Å². The van der Waals surface area contributed by atoms with Gasteiger partial charge in [0.1, 0.15) is 0 Å². The van der Waals surface area contributed by atoms with Crippen LogP contribution in [0.25, 0.3) is 0 Å². The van der Waals surface area contributed by atoms with Crippen LogP contribution in [0.1, 0.15) is 44.9 Å². The highest BCUT2D eigenvalue weighted by Gasteiger charge is 2.34. The van der Waals surface area contributed by atoms with Crippen molar-refractivity contribution in [3.8, 4) is 0 Å². The molecule has 3 aliphatic rings. The largest absolute Gasteiger partial charge is 0.381 e. The summed E-state index contributed by atoms with van der Waals surface area (Å²) in [4.78, 5) is 26.0. The average molecular weight is 308 g/mol. The molecule has 0 radical (unpaired) electrons. The molecule has 0 aromatic heterocycles. The smallest absolute Gasteiger partial charge is 0.225 e. The van der Waals surface area contributed by atoms with Gasteiger partial charge in [-0.05, 0) is 50.4 Å². The van der Waals surface area contributed by atoms with E-state index in [1.807, 2.05) is 4.90 Å². The molecule has 1 atom stereocenters. The van der Waals surface area contributed by atoms with Crippen molar-refractivity contribution in [1.82, 2.24) is 10.2 Å². The summed E-state index contributed by atoms with van der Waals surface area (Å²) in [7, 11) is 0. The summed E-state index contributed by atoms with van der Waals surface area (Å²) in [5.74, 6) is 1.77. The summed E-state index contributed by atoms with van der Waals surface area (Å²) in [6.07, 6.45) is 6.98. The second-order valence-corrected chi connectivity index (χ2v) is 7.13. The summed E-state index contributed by atoms with van der Waals surface area (Å²) in [5.41, 5.74) is 0. The third-order valence-electron chi connectivity index (χ3n) is 5.17. The van der Waals surface area contributed by atoms with Gasteiger partial charge >= 0.3 is 0 Å². The van der Waals surface area contributed by atoms with Crippen molar-refractivity contribution in [2.24, 2.45) is 17.8 Å². The number of likely N-dealkylation sites (tertiary alicyclic amines) is 1. The van der Waals surface area contributed by atoms with Crippen LogP contribution in [-0.4, -0.2) is 49.6 Å². The fourth-order valence-electron chi connectivity index (χ4n) is 3.51. The Morgan fingerprint density at radius 3 is 2.45 bits per heavy atom. The van der Waals surface area contributed by atoms with Gasteiger partial charge in [0.15, 0.2) is 0 Å². The monoisotopic (exact) mass is 308 g/mol. The molecule has 2 heterocycles. The molecule has 0 spiro atoms. The van der Waals surface area contributed by atoms with Gasteiger partial charge in [0.2, 0.25) is 11.8 Å². The number of carbonyl (C=O) groups excluding carboxylic acids is 2. The molecule has 1 saturated carbocycles. The van der Waals surface area contributed by atoms with Gasteiger partial charge in [0.05, 0.1) is 0 Å². The zero-order chi connectivity index (χ0) is 15.4. The van der Waals surface area contributed by atoms with Gasteiger partial charge in [-0.1, -0.05) is 0 Å². The van der Waals surface area contributed by atoms with Crippen LogP contribution in [0.2, 0.25) is 0 Å². The zero-order valence-electron chi connectivity index (χ0n) is 13.4. The SMILES string of the molecule is O=C(C[C@@H]1CCCOC1)NCC1CCN(C(=O)C2CC2)CC1. The van der Waals surface area contributed by atoms with E-state index < -0.39 is 0 Å². The highest BCUT2D eigenvalue weighted by atomic mass is 16.5. The number of nitrogens with one attached hydrogen (secondary N) is 1. The maximum absolute atomic E-state index is 12.0. The third kappa shape index (κ3) is 4.45. The first-order valence-corrected chi connectivity index (χ1v) is 8.85. The highest BCUT2D eigenvalue weighted by molar-refractivity contribution is 5.81. The molecule has 0 unspecified atom stereocenters. The van der Waals surface area contributed by atoms with E-state index in [1.165, 1.54) is 0 Å². The number of hydrogen-bond acceptors (Lipinski definition) is 3.